The van der Waals surface area contributed by atoms with Gasteiger partial charge in [-0.1, -0.05) is 30.3 Å². The SMILES string of the molecule is C=C(C(=O)N1CCN(NC(=O)OC(C)(C)C)CC1)[C@@H]1N=C(c2ccc(Cl)cc2)c2c(sc(C)c2C)N(C(C)=N)C1=N. The normalized spacial score (nSPS) is 17.9. The Hall–Kier alpha value is -3.54. The third kappa shape index (κ3) is 6.52. The first-order valence-corrected chi connectivity index (χ1v) is 14.5. The molecule has 10 nitrogen and oxygen atoms in total. The first kappa shape index (κ1) is 30.4. The molecule has 1 fully saturated rings. The van der Waals surface area contributed by atoms with Crippen LogP contribution in [0.1, 0.15) is 49.3 Å². The van der Waals surface area contributed by atoms with Crippen molar-refractivity contribution in [2.24, 2.45) is 4.99 Å². The summed E-state index contributed by atoms with van der Waals surface area (Å²) in [7, 11) is 0. The molecule has 2 amide bonds. The van der Waals surface area contributed by atoms with Crippen LogP contribution < -0.4 is 10.3 Å². The fraction of sp³-hybridized carbons (Fsp3) is 0.414. The number of hydrazine groups is 1. The molecule has 2 aromatic rings. The zero-order valence-electron chi connectivity index (χ0n) is 24.2. The van der Waals surface area contributed by atoms with Crippen LogP contribution in [0.5, 0.6) is 0 Å². The van der Waals surface area contributed by atoms with Crippen LogP contribution in [0, 0.1) is 24.7 Å². The van der Waals surface area contributed by atoms with Gasteiger partial charge in [-0.3, -0.25) is 30.9 Å². The van der Waals surface area contributed by atoms with Crippen molar-refractivity contribution in [2.45, 2.75) is 53.2 Å². The van der Waals surface area contributed by atoms with Crippen LogP contribution in [0.4, 0.5) is 9.80 Å². The number of aryl methyl sites for hydroxylation is 1. The molecule has 1 aromatic carbocycles. The van der Waals surface area contributed by atoms with Gasteiger partial charge in [-0.15, -0.1) is 11.3 Å². The number of nitrogens with zero attached hydrogens (tertiary/aromatic N) is 4. The highest BCUT2D eigenvalue weighted by molar-refractivity contribution is 7.17. The Morgan fingerprint density at radius 2 is 1.76 bits per heavy atom. The molecule has 0 saturated carbocycles. The van der Waals surface area contributed by atoms with E-state index in [0.29, 0.717) is 36.9 Å². The van der Waals surface area contributed by atoms with E-state index in [4.69, 9.17) is 32.1 Å². The Balaban J connectivity index is 1.63. The molecular formula is C29H36ClN7O3S. The molecule has 1 atom stereocenters. The number of carbonyl (C=O) groups excluding carboxylic acids is 2. The number of amides is 2. The summed E-state index contributed by atoms with van der Waals surface area (Å²) >= 11 is 7.67. The molecule has 3 N–H and O–H groups in total. The number of rotatable bonds is 4. The number of thiophene rings is 1. The highest BCUT2D eigenvalue weighted by atomic mass is 35.5. The number of piperazine rings is 1. The van der Waals surface area contributed by atoms with E-state index < -0.39 is 17.7 Å². The maximum Gasteiger partial charge on any atom is 0.422 e. The molecule has 0 radical (unpaired) electrons. The van der Waals surface area contributed by atoms with Crippen molar-refractivity contribution in [3.8, 4) is 0 Å². The van der Waals surface area contributed by atoms with E-state index in [1.807, 2.05) is 26.0 Å². The molecule has 218 valence electrons. The van der Waals surface area contributed by atoms with E-state index in [1.54, 1.807) is 54.6 Å². The molecule has 3 heterocycles. The highest BCUT2D eigenvalue weighted by Crippen LogP contribution is 2.40. The quantitative estimate of drug-likeness (QED) is 0.255. The number of halogens is 1. The molecule has 12 heteroatoms. The third-order valence-electron chi connectivity index (χ3n) is 6.84. The van der Waals surface area contributed by atoms with Crippen molar-refractivity contribution < 1.29 is 14.3 Å². The Kier molecular flexibility index (Phi) is 8.72. The minimum Gasteiger partial charge on any atom is -0.443 e. The lowest BCUT2D eigenvalue weighted by Crippen LogP contribution is -2.56. The van der Waals surface area contributed by atoms with Crippen molar-refractivity contribution in [1.82, 2.24) is 15.3 Å². The van der Waals surface area contributed by atoms with Crippen molar-refractivity contribution in [2.75, 3.05) is 31.1 Å². The van der Waals surface area contributed by atoms with Gasteiger partial charge in [0.1, 0.15) is 28.3 Å². The summed E-state index contributed by atoms with van der Waals surface area (Å²) in [6, 6.07) is 6.29. The molecule has 0 bridgehead atoms. The van der Waals surface area contributed by atoms with Crippen molar-refractivity contribution >= 4 is 57.3 Å². The van der Waals surface area contributed by atoms with E-state index in [2.05, 4.69) is 12.0 Å². The number of aliphatic imine (C=N–C) groups is 1. The first-order valence-electron chi connectivity index (χ1n) is 13.3. The van der Waals surface area contributed by atoms with Crippen molar-refractivity contribution in [1.29, 1.82) is 10.8 Å². The Morgan fingerprint density at radius 1 is 1.15 bits per heavy atom. The van der Waals surface area contributed by atoms with Gasteiger partial charge in [0, 0.05) is 52.8 Å². The first-order chi connectivity index (χ1) is 19.2. The van der Waals surface area contributed by atoms with E-state index in [0.717, 1.165) is 26.6 Å². The molecule has 0 unspecified atom stereocenters. The smallest absolute Gasteiger partial charge is 0.422 e. The Bertz CT molecular complexity index is 1430. The summed E-state index contributed by atoms with van der Waals surface area (Å²) < 4.78 is 5.32. The molecule has 1 aromatic heterocycles. The number of hydrogen-bond acceptors (Lipinski definition) is 8. The molecule has 2 aliphatic rings. The summed E-state index contributed by atoms with van der Waals surface area (Å²) in [5.41, 5.74) is 5.50. The number of carbonyl (C=O) groups is 2. The lowest BCUT2D eigenvalue weighted by atomic mass is 9.99. The fourth-order valence-electron chi connectivity index (χ4n) is 4.71. The van der Waals surface area contributed by atoms with Crippen molar-refractivity contribution in [3.05, 3.63) is 63.0 Å². The third-order valence-corrected chi connectivity index (χ3v) is 8.28. The lowest BCUT2D eigenvalue weighted by Gasteiger charge is -2.36. The van der Waals surface area contributed by atoms with Crippen molar-refractivity contribution in [3.63, 3.8) is 0 Å². The zero-order chi connectivity index (χ0) is 30.2. The second-order valence-electron chi connectivity index (χ2n) is 11.1. The van der Waals surface area contributed by atoms with E-state index in [-0.39, 0.29) is 23.2 Å². The zero-order valence-corrected chi connectivity index (χ0v) is 25.8. The predicted molar refractivity (Wildman–Crippen MR) is 165 cm³/mol. The minimum absolute atomic E-state index is 0.00691. The van der Waals surface area contributed by atoms with E-state index in [1.165, 1.54) is 11.3 Å². The molecule has 0 aliphatic carbocycles. The molecule has 1 saturated heterocycles. The largest absolute Gasteiger partial charge is 0.443 e. The summed E-state index contributed by atoms with van der Waals surface area (Å²) in [5.74, 6) is -0.179. The Labute approximate surface area is 249 Å². The average molecular weight is 598 g/mol. The fourth-order valence-corrected chi connectivity index (χ4v) is 6.06. The maximum atomic E-state index is 13.7. The van der Waals surface area contributed by atoms with Gasteiger partial charge >= 0.3 is 6.09 Å². The molecular weight excluding hydrogens is 562 g/mol. The van der Waals surface area contributed by atoms with E-state index in [9.17, 15) is 9.59 Å². The van der Waals surface area contributed by atoms with Crippen LogP contribution in [-0.2, 0) is 9.53 Å². The monoisotopic (exact) mass is 597 g/mol. The van der Waals surface area contributed by atoms with Gasteiger partial charge in [-0.05, 0) is 59.2 Å². The number of amidine groups is 2. The van der Waals surface area contributed by atoms with Crippen LogP contribution in [0.2, 0.25) is 5.02 Å². The minimum atomic E-state index is -1.01. The molecule has 0 spiro atoms. The second kappa shape index (κ2) is 11.8. The van der Waals surface area contributed by atoms with Gasteiger partial charge in [-0.25, -0.2) is 9.80 Å². The van der Waals surface area contributed by atoms with Gasteiger partial charge in [0.25, 0.3) is 5.91 Å². The molecule has 41 heavy (non-hydrogen) atoms. The van der Waals surface area contributed by atoms with Crippen LogP contribution in [0.3, 0.4) is 0 Å². The summed E-state index contributed by atoms with van der Waals surface area (Å²) in [6.45, 7) is 16.6. The molecule has 2 aliphatic heterocycles. The van der Waals surface area contributed by atoms with Crippen LogP contribution in [0.15, 0.2) is 41.4 Å². The number of ether oxygens (including phenoxy) is 1. The lowest BCUT2D eigenvalue weighted by molar-refractivity contribution is -0.129. The average Bonchev–Trinajstić information content (AvgIpc) is 3.09. The maximum absolute atomic E-state index is 13.7. The predicted octanol–water partition coefficient (Wildman–Crippen LogP) is 5.16. The van der Waals surface area contributed by atoms with Crippen LogP contribution in [0.25, 0.3) is 0 Å². The summed E-state index contributed by atoms with van der Waals surface area (Å²) in [6.07, 6.45) is -0.544. The van der Waals surface area contributed by atoms with Gasteiger partial charge in [0.2, 0.25) is 0 Å². The number of fused-ring (bicyclic) bond motifs is 1. The van der Waals surface area contributed by atoms with Gasteiger partial charge in [-0.2, -0.15) is 0 Å². The standard InChI is InChI=1S/C29H36ClN7O3S/c1-16-18(3)41-27-22(16)24(20-8-10-21(30)11-9-20)33-23(25(32)37(27)19(4)31)17(2)26(38)35-12-14-36(15-13-35)34-28(39)40-29(5,6)7/h8-11,23,31-32H,2,12-15H2,1,3-7H3,(H,34,39)/t23-/m0/s1. The van der Waals surface area contributed by atoms with Crippen LogP contribution >= 0.6 is 22.9 Å². The number of nitrogens with one attached hydrogen (secondary N) is 3. The summed E-state index contributed by atoms with van der Waals surface area (Å²) in [5, 5.41) is 20.7. The topological polar surface area (TPSA) is 125 Å². The second-order valence-corrected chi connectivity index (χ2v) is 12.7. The Morgan fingerprint density at radius 3 is 2.32 bits per heavy atom. The highest BCUT2D eigenvalue weighted by Gasteiger charge is 2.38. The van der Waals surface area contributed by atoms with E-state index >= 15 is 0 Å². The number of hydrogen-bond donors (Lipinski definition) is 3. The molecule has 4 rings (SSSR count). The number of benzene rings is 1. The summed E-state index contributed by atoms with van der Waals surface area (Å²) in [4.78, 5) is 35.1. The number of anilines is 1. The van der Waals surface area contributed by atoms with Crippen LogP contribution in [-0.4, -0.2) is 77.1 Å². The van der Waals surface area contributed by atoms with Gasteiger partial charge < -0.3 is 9.64 Å². The van der Waals surface area contributed by atoms with Gasteiger partial charge in [0.05, 0.1) is 5.71 Å². The van der Waals surface area contributed by atoms with Gasteiger partial charge in [0.15, 0.2) is 0 Å².